The van der Waals surface area contributed by atoms with Crippen LogP contribution in [0.1, 0.15) is 32.6 Å². The first kappa shape index (κ1) is 15.5. The molecule has 0 spiro atoms. The predicted octanol–water partition coefficient (Wildman–Crippen LogP) is 4.99. The summed E-state index contributed by atoms with van der Waals surface area (Å²) in [5, 5.41) is 8.90. The lowest BCUT2D eigenvalue weighted by Crippen LogP contribution is -2.26. The topological polar surface area (TPSA) is 69.0 Å². The van der Waals surface area contributed by atoms with E-state index in [0.717, 1.165) is 45.4 Å². The van der Waals surface area contributed by atoms with Crippen molar-refractivity contribution in [1.29, 1.82) is 0 Å². The monoisotopic (exact) mass is 347 g/mol. The molecule has 1 saturated carbocycles. The van der Waals surface area contributed by atoms with Gasteiger partial charge in [-0.1, -0.05) is 17.7 Å². The van der Waals surface area contributed by atoms with Crippen LogP contribution >= 0.6 is 0 Å². The van der Waals surface area contributed by atoms with Gasteiger partial charge in [0.1, 0.15) is 5.65 Å². The highest BCUT2D eigenvalue weighted by Gasteiger charge is 2.25. The van der Waals surface area contributed by atoms with Crippen LogP contribution in [0.5, 0.6) is 0 Å². The van der Waals surface area contributed by atoms with Crippen LogP contribution in [0, 0.1) is 5.92 Å². The van der Waals surface area contributed by atoms with Gasteiger partial charge in [-0.05, 0) is 43.2 Å². The summed E-state index contributed by atoms with van der Waals surface area (Å²) in [5.41, 5.74) is 5.36. The van der Waals surface area contributed by atoms with Gasteiger partial charge in [-0.25, -0.2) is 4.98 Å². The molecule has 1 aliphatic carbocycles. The van der Waals surface area contributed by atoms with Gasteiger partial charge in [0.25, 0.3) is 5.69 Å². The van der Waals surface area contributed by atoms with Crippen molar-refractivity contribution in [3.8, 4) is 11.1 Å². The Bertz CT molecular complexity index is 1010. The third-order valence-electron chi connectivity index (χ3n) is 5.67. The highest BCUT2D eigenvalue weighted by Crippen LogP contribution is 2.40. The molecule has 2 aliphatic rings. The van der Waals surface area contributed by atoms with Crippen LogP contribution in [0.2, 0.25) is 0 Å². The number of hydrogen-bond donors (Lipinski definition) is 2. The molecule has 1 aromatic carbocycles. The van der Waals surface area contributed by atoms with E-state index in [4.69, 9.17) is 4.98 Å². The van der Waals surface area contributed by atoms with E-state index in [0.29, 0.717) is 6.04 Å². The molecular weight excluding hydrogens is 324 g/mol. The summed E-state index contributed by atoms with van der Waals surface area (Å²) in [4.78, 5) is 12.6. The van der Waals surface area contributed by atoms with E-state index in [1.165, 1.54) is 25.7 Å². The normalized spacial score (nSPS) is 21.8. The molecule has 1 aliphatic heterocycles. The average molecular weight is 347 g/mol. The second-order valence-electron chi connectivity index (χ2n) is 7.59. The molecule has 0 atom stereocenters. The number of fused-ring (bicyclic) bond motifs is 2. The number of rotatable bonds is 3. The molecule has 5 rings (SSSR count). The predicted molar refractivity (Wildman–Crippen MR) is 102 cm³/mol. The van der Waals surface area contributed by atoms with Gasteiger partial charge in [0, 0.05) is 40.6 Å². The third-order valence-corrected chi connectivity index (χ3v) is 5.67. The summed E-state index contributed by atoms with van der Waals surface area (Å²) in [6, 6.07) is 6.82. The third kappa shape index (κ3) is 2.57. The fourth-order valence-corrected chi connectivity index (χ4v) is 4.01. The maximum atomic E-state index is 4.70. The molecular formula is C20H23N6+. The van der Waals surface area contributed by atoms with Crippen LogP contribution in [-0.4, -0.2) is 32.7 Å². The smallest absolute Gasteiger partial charge is 0.263 e. The van der Waals surface area contributed by atoms with Crippen molar-refractivity contribution in [2.45, 2.75) is 38.6 Å². The molecule has 1 fully saturated rings. The van der Waals surface area contributed by atoms with Crippen molar-refractivity contribution in [3.63, 3.8) is 0 Å². The fourth-order valence-electron chi connectivity index (χ4n) is 4.01. The minimum atomic E-state index is 0.491. The molecule has 2 aromatic heterocycles. The minimum absolute atomic E-state index is 0.491. The lowest BCUT2D eigenvalue weighted by molar-refractivity contribution is -0.494. The van der Waals surface area contributed by atoms with E-state index in [2.05, 4.69) is 45.5 Å². The molecule has 0 saturated heterocycles. The maximum absolute atomic E-state index is 4.70. The van der Waals surface area contributed by atoms with Crippen molar-refractivity contribution in [2.24, 2.45) is 11.0 Å². The van der Waals surface area contributed by atoms with Crippen LogP contribution in [0.4, 0.5) is 17.3 Å². The Kier molecular flexibility index (Phi) is 3.51. The van der Waals surface area contributed by atoms with Crippen LogP contribution in [0.3, 0.4) is 0 Å². The molecule has 0 unspecified atom stereocenters. The average Bonchev–Trinajstić information content (AvgIpc) is 3.06. The maximum Gasteiger partial charge on any atom is 0.263 e. The first-order valence-electron chi connectivity index (χ1n) is 9.38. The molecule has 0 amide bonds. The van der Waals surface area contributed by atoms with Crippen LogP contribution in [0.25, 0.3) is 22.2 Å². The Hall–Kier alpha value is -2.76. The number of anilines is 1. The molecule has 2 N–H and O–H groups in total. The van der Waals surface area contributed by atoms with E-state index >= 15 is 0 Å². The number of nitrogens with zero attached hydrogens (tertiary/aromatic N) is 4. The second-order valence-corrected chi connectivity index (χ2v) is 7.59. The van der Waals surface area contributed by atoms with Gasteiger partial charge in [-0.3, -0.25) is 0 Å². The van der Waals surface area contributed by atoms with Crippen LogP contribution < -0.4 is 5.32 Å². The number of aromatic amines is 1. The number of azo groups is 2. The Morgan fingerprint density at radius 2 is 2.04 bits per heavy atom. The Morgan fingerprint density at radius 3 is 2.85 bits per heavy atom. The highest BCUT2D eigenvalue weighted by molar-refractivity contribution is 5.94. The van der Waals surface area contributed by atoms with Gasteiger partial charge in [0.05, 0.1) is 0 Å². The van der Waals surface area contributed by atoms with E-state index in [9.17, 15) is 0 Å². The molecule has 3 aromatic rings. The molecule has 26 heavy (non-hydrogen) atoms. The van der Waals surface area contributed by atoms with Crippen molar-refractivity contribution < 1.29 is 4.70 Å². The number of nitrogens with one attached hydrogen (secondary N) is 2. The van der Waals surface area contributed by atoms with Gasteiger partial charge in [-0.15, -0.1) is 0 Å². The zero-order valence-corrected chi connectivity index (χ0v) is 15.2. The molecule has 6 nitrogen and oxygen atoms in total. The van der Waals surface area contributed by atoms with Gasteiger partial charge in [-0.2, -0.15) is 4.98 Å². The summed E-state index contributed by atoms with van der Waals surface area (Å²) in [5.74, 6) is 1.57. The Labute approximate surface area is 152 Å². The zero-order chi connectivity index (χ0) is 17.7. The summed E-state index contributed by atoms with van der Waals surface area (Å²) < 4.78 is 1.90. The highest BCUT2D eigenvalue weighted by atomic mass is 15.3. The Morgan fingerprint density at radius 1 is 1.19 bits per heavy atom. The van der Waals surface area contributed by atoms with Gasteiger partial charge in [0.15, 0.2) is 7.05 Å². The number of H-pyrrole nitrogens is 1. The van der Waals surface area contributed by atoms with E-state index in [1.54, 1.807) is 0 Å². The quantitative estimate of drug-likeness (QED) is 0.656. The fraction of sp³-hybridized carbons (Fsp3) is 0.400. The summed E-state index contributed by atoms with van der Waals surface area (Å²) in [6.45, 7) is 2.34. The zero-order valence-electron chi connectivity index (χ0n) is 15.2. The first-order valence-corrected chi connectivity index (χ1v) is 9.38. The number of aromatic nitrogens is 3. The van der Waals surface area contributed by atoms with Gasteiger partial charge < -0.3 is 10.3 Å². The SMILES string of the molecule is CC1CCC(Nc2ncc3c(-c4ccc5c(c4)[N+](C)=N5)c[nH]c3n2)CC1. The first-order chi connectivity index (χ1) is 12.7. The summed E-state index contributed by atoms with van der Waals surface area (Å²) in [7, 11) is 1.97. The Balaban J connectivity index is 1.41. The lowest BCUT2D eigenvalue weighted by Gasteiger charge is -2.26. The molecule has 0 radical (unpaired) electrons. The molecule has 6 heteroatoms. The number of benzene rings is 1. The largest absolute Gasteiger partial charge is 0.351 e. The minimum Gasteiger partial charge on any atom is -0.351 e. The van der Waals surface area contributed by atoms with Gasteiger partial charge >= 0.3 is 0 Å². The standard InChI is InChI=1S/C20H22N6/c1-12-3-6-14(7-4-12)23-20-22-11-16-15(10-21-19(16)24-20)13-5-8-17-18(9-13)26(2)25-17/h5,8-12,14H,3-4,6-7H2,1-2H3,(H,22,23,24,25)/p+1. The van der Waals surface area contributed by atoms with Crippen LogP contribution in [-0.2, 0) is 0 Å². The molecule has 132 valence electrons. The lowest BCUT2D eigenvalue weighted by atomic mass is 9.87. The summed E-state index contributed by atoms with van der Waals surface area (Å²) in [6.07, 6.45) is 8.91. The summed E-state index contributed by atoms with van der Waals surface area (Å²) >= 11 is 0. The van der Waals surface area contributed by atoms with E-state index in [1.807, 2.05) is 24.1 Å². The van der Waals surface area contributed by atoms with Crippen molar-refractivity contribution in [1.82, 2.24) is 15.0 Å². The molecule has 0 bridgehead atoms. The van der Waals surface area contributed by atoms with E-state index < -0.39 is 0 Å². The van der Waals surface area contributed by atoms with E-state index in [-0.39, 0.29) is 0 Å². The second kappa shape index (κ2) is 5.90. The van der Waals surface area contributed by atoms with Crippen molar-refractivity contribution in [2.75, 3.05) is 12.4 Å². The van der Waals surface area contributed by atoms with Crippen molar-refractivity contribution >= 4 is 28.4 Å². The molecule has 3 heterocycles. The van der Waals surface area contributed by atoms with Crippen molar-refractivity contribution in [3.05, 3.63) is 30.6 Å². The van der Waals surface area contributed by atoms with Gasteiger partial charge in [0.2, 0.25) is 11.6 Å². The number of hydrogen-bond acceptors (Lipinski definition) is 4. The van der Waals surface area contributed by atoms with Crippen LogP contribution in [0.15, 0.2) is 35.7 Å².